The van der Waals surface area contributed by atoms with Crippen molar-refractivity contribution in [2.24, 2.45) is 4.99 Å². The van der Waals surface area contributed by atoms with Gasteiger partial charge < -0.3 is 4.99 Å². The minimum atomic E-state index is -2.06. The molecule has 4 aromatic rings. The molecule has 2 heteroatoms. The molecule has 0 radical (unpaired) electrons. The number of aliphatic imine (C=N–C) groups is 1. The van der Waals surface area contributed by atoms with Crippen molar-refractivity contribution < 1.29 is 24.2 Å². The molecule has 0 spiro atoms. The molecule has 0 aromatic heterocycles. The smallest absolute Gasteiger partial charge is 0.333 e. The summed E-state index contributed by atoms with van der Waals surface area (Å²) in [5, 5.41) is 0. The largest absolute Gasteiger partial charge is 3.00 e. The summed E-state index contributed by atoms with van der Waals surface area (Å²) < 4.78 is 21.8. The summed E-state index contributed by atoms with van der Waals surface area (Å²) in [6.07, 6.45) is 3.20. The van der Waals surface area contributed by atoms with Crippen molar-refractivity contribution >= 4 is 11.3 Å². The number of benzene rings is 4. The third kappa shape index (κ3) is 6.47. The Labute approximate surface area is 209 Å². The fraction of sp³-hybridized carbons (Fsp3) is 0.100. The number of dihydropyridines is 1. The van der Waals surface area contributed by atoms with Gasteiger partial charge in [0.05, 0.1) is 0 Å². The quantitative estimate of drug-likeness (QED) is 0.227. The van der Waals surface area contributed by atoms with Crippen LogP contribution >= 0.6 is 0 Å². The van der Waals surface area contributed by atoms with Gasteiger partial charge in [0, 0.05) is 10.7 Å². The average Bonchev–Trinajstić information content (AvgIpc) is 2.90. The molecule has 0 atom stereocenters. The maximum Gasteiger partial charge on any atom is 3.00 e. The Morgan fingerprint density at radius 1 is 0.750 bits per heavy atom. The van der Waals surface area contributed by atoms with E-state index in [9.17, 15) is 0 Å². The van der Waals surface area contributed by atoms with Gasteiger partial charge in [-0.3, -0.25) is 0 Å². The fourth-order valence-electron chi connectivity index (χ4n) is 3.33. The van der Waals surface area contributed by atoms with Gasteiger partial charge in [-0.25, -0.2) is 11.1 Å². The molecule has 1 aliphatic heterocycles. The first kappa shape index (κ1) is 19.6. The molecule has 0 saturated heterocycles. The SMILES string of the molecule is [2H]C([2H])([2H])c1c[c-]c(-c2[c-]cccc2)cc1.[Ir+3].[c-]1ccccc1C1=NCCC(c2ccccc2)=C1. The van der Waals surface area contributed by atoms with Crippen LogP contribution in [0.4, 0.5) is 0 Å². The number of nitrogens with zero attached hydrogens (tertiary/aromatic N) is 1. The molecule has 0 amide bonds. The molecule has 1 nitrogen and oxygen atoms in total. The van der Waals surface area contributed by atoms with E-state index in [1.165, 1.54) is 17.2 Å². The molecule has 0 unspecified atom stereocenters. The first-order valence-electron chi connectivity index (χ1n) is 11.8. The Kier molecular flexibility index (Phi) is 7.41. The second kappa shape index (κ2) is 12.1. The van der Waals surface area contributed by atoms with E-state index < -0.39 is 6.85 Å². The Morgan fingerprint density at radius 2 is 1.44 bits per heavy atom. The molecular weight excluding hydrogens is 567 g/mol. The van der Waals surface area contributed by atoms with Gasteiger partial charge in [-0.1, -0.05) is 43.3 Å². The van der Waals surface area contributed by atoms with Crippen LogP contribution in [0.1, 0.15) is 27.2 Å². The third-order valence-corrected chi connectivity index (χ3v) is 4.92. The van der Waals surface area contributed by atoms with Crippen LogP contribution in [-0.4, -0.2) is 12.3 Å². The third-order valence-electron chi connectivity index (χ3n) is 4.92. The minimum Gasteiger partial charge on any atom is -0.333 e. The first-order chi connectivity index (χ1) is 16.5. The number of allylic oxidation sites excluding steroid dienone is 1. The van der Waals surface area contributed by atoms with Crippen LogP contribution < -0.4 is 0 Å². The van der Waals surface area contributed by atoms with E-state index in [4.69, 9.17) is 4.11 Å². The van der Waals surface area contributed by atoms with E-state index in [-0.39, 0.29) is 20.1 Å². The average molecular weight is 594 g/mol. The summed E-state index contributed by atoms with van der Waals surface area (Å²) in [7, 11) is 0. The Morgan fingerprint density at radius 3 is 2.06 bits per heavy atom. The molecule has 158 valence electrons. The van der Waals surface area contributed by atoms with Gasteiger partial charge in [0.15, 0.2) is 0 Å². The summed E-state index contributed by atoms with van der Waals surface area (Å²) in [4.78, 5) is 4.58. The normalized spacial score (nSPS) is 14.2. The van der Waals surface area contributed by atoms with Gasteiger partial charge in [0.1, 0.15) is 0 Å². The monoisotopic (exact) mass is 594 g/mol. The van der Waals surface area contributed by atoms with E-state index >= 15 is 0 Å². The van der Waals surface area contributed by atoms with Gasteiger partial charge in [-0.15, -0.1) is 47.5 Å². The summed E-state index contributed by atoms with van der Waals surface area (Å²) in [5.41, 5.74) is 6.85. The number of hydrogen-bond acceptors (Lipinski definition) is 1. The maximum absolute atomic E-state index is 7.25. The van der Waals surface area contributed by atoms with E-state index in [0.29, 0.717) is 5.56 Å². The molecule has 0 aliphatic carbocycles. The molecule has 0 fully saturated rings. The first-order valence-corrected chi connectivity index (χ1v) is 10.3. The summed E-state index contributed by atoms with van der Waals surface area (Å²) in [5.74, 6) is 0. The maximum atomic E-state index is 7.25. The van der Waals surface area contributed by atoms with E-state index in [0.717, 1.165) is 35.4 Å². The summed E-state index contributed by atoms with van der Waals surface area (Å²) in [6.45, 7) is -1.20. The zero-order valence-electron chi connectivity index (χ0n) is 20.5. The summed E-state index contributed by atoms with van der Waals surface area (Å²) in [6, 6.07) is 40.2. The van der Waals surface area contributed by atoms with Gasteiger partial charge in [0.2, 0.25) is 0 Å². The van der Waals surface area contributed by atoms with Crippen molar-refractivity contribution in [2.75, 3.05) is 6.54 Å². The Bertz CT molecular complexity index is 1250. The molecule has 4 aromatic carbocycles. The number of aryl methyl sites for hydroxylation is 1. The van der Waals surface area contributed by atoms with Gasteiger partial charge in [-0.2, -0.15) is 48.5 Å². The van der Waals surface area contributed by atoms with E-state index in [1.54, 1.807) is 12.1 Å². The van der Waals surface area contributed by atoms with Crippen molar-refractivity contribution in [3.8, 4) is 11.1 Å². The minimum absolute atomic E-state index is 0. The zero-order chi connectivity index (χ0) is 23.8. The van der Waals surface area contributed by atoms with E-state index in [2.05, 4.69) is 59.6 Å². The van der Waals surface area contributed by atoms with Crippen molar-refractivity contribution in [1.82, 2.24) is 0 Å². The van der Waals surface area contributed by atoms with Gasteiger partial charge >= 0.3 is 20.1 Å². The van der Waals surface area contributed by atoms with Crippen LogP contribution in [-0.2, 0) is 20.1 Å². The van der Waals surface area contributed by atoms with Crippen molar-refractivity contribution in [1.29, 1.82) is 0 Å². The second-order valence-electron chi connectivity index (χ2n) is 7.10. The predicted molar refractivity (Wildman–Crippen MR) is 130 cm³/mol. The van der Waals surface area contributed by atoms with Gasteiger partial charge in [0.25, 0.3) is 0 Å². The standard InChI is InChI=1S/C17H14N.C13H10.Ir/c1-3-7-14(8-4-1)16-11-12-18-17(13-16)15-9-5-2-6-10-15;1-11-7-9-13(10-8-11)12-5-3-2-4-6-12;/h1-9,13H,11-12H2;2-5,7-9H,1H3;/q-1;-2;+3/i;1D3;. The summed E-state index contributed by atoms with van der Waals surface area (Å²) >= 11 is 0. The van der Waals surface area contributed by atoms with Crippen LogP contribution in [0, 0.1) is 25.1 Å². The molecule has 0 saturated carbocycles. The van der Waals surface area contributed by atoms with Gasteiger partial charge in [-0.05, 0) is 23.3 Å². The molecule has 0 N–H and O–H groups in total. The Balaban J connectivity index is 0.000000192. The van der Waals surface area contributed by atoms with Crippen molar-refractivity contribution in [3.05, 3.63) is 138 Å². The van der Waals surface area contributed by atoms with Crippen LogP contribution in [0.3, 0.4) is 0 Å². The van der Waals surface area contributed by atoms with Crippen LogP contribution in [0.5, 0.6) is 0 Å². The van der Waals surface area contributed by atoms with Crippen molar-refractivity contribution in [2.45, 2.75) is 13.3 Å². The Hall–Kier alpha value is -3.06. The zero-order valence-corrected chi connectivity index (χ0v) is 19.9. The topological polar surface area (TPSA) is 12.4 Å². The molecule has 0 bridgehead atoms. The molecule has 1 aliphatic rings. The van der Waals surface area contributed by atoms with E-state index in [1.807, 2.05) is 48.5 Å². The second-order valence-corrected chi connectivity index (χ2v) is 7.10. The molecule has 32 heavy (non-hydrogen) atoms. The predicted octanol–water partition coefficient (Wildman–Crippen LogP) is 7.02. The van der Waals surface area contributed by atoms with Crippen LogP contribution in [0.2, 0.25) is 0 Å². The molecular formula is C30H24IrN. The number of hydrogen-bond donors (Lipinski definition) is 0. The fourth-order valence-corrected chi connectivity index (χ4v) is 3.33. The van der Waals surface area contributed by atoms with Crippen LogP contribution in [0.15, 0.2) is 108 Å². The number of rotatable bonds is 3. The molecule has 5 rings (SSSR count). The van der Waals surface area contributed by atoms with Crippen LogP contribution in [0.25, 0.3) is 16.7 Å². The molecule has 1 heterocycles. The van der Waals surface area contributed by atoms with Crippen molar-refractivity contribution in [3.63, 3.8) is 0 Å².